The number of amidine groups is 1. The molecule has 0 bridgehead atoms. The van der Waals surface area contributed by atoms with E-state index in [0.29, 0.717) is 23.3 Å². The van der Waals surface area contributed by atoms with Gasteiger partial charge in [0.1, 0.15) is 11.5 Å². The van der Waals surface area contributed by atoms with Gasteiger partial charge in [0.05, 0.1) is 5.75 Å². The number of aliphatic imine (C=N–C) groups is 1. The van der Waals surface area contributed by atoms with E-state index < -0.39 is 0 Å². The van der Waals surface area contributed by atoms with Crippen LogP contribution in [-0.2, 0) is 4.79 Å². The first-order chi connectivity index (χ1) is 13.2. The van der Waals surface area contributed by atoms with Gasteiger partial charge in [-0.25, -0.2) is 4.99 Å². The van der Waals surface area contributed by atoms with Gasteiger partial charge in [0, 0.05) is 23.9 Å². The molecule has 1 amide bonds. The Hall–Kier alpha value is -3.07. The van der Waals surface area contributed by atoms with Gasteiger partial charge in [0.25, 0.3) is 0 Å². The third kappa shape index (κ3) is 3.45. The molecule has 2 N–H and O–H groups in total. The standard InChI is InChI=1S/C18H18N6O2S/c1-3-8-24-13-7-5-4-6-12(13)16-17(24)20-18(22-21-16)27-10-15(25)19-14-9-11(2)26-23-14/h3-7,9,17H,1,8,10H2,2H3,(H,20,22)(H,19,23,25). The topological polar surface area (TPSA) is 95.1 Å². The van der Waals surface area contributed by atoms with Crippen molar-refractivity contribution >= 4 is 40.1 Å². The molecule has 0 radical (unpaired) electrons. The highest BCUT2D eigenvalue weighted by molar-refractivity contribution is 8.14. The number of aryl methyl sites for hydroxylation is 1. The van der Waals surface area contributed by atoms with Crippen LogP contribution in [0.4, 0.5) is 11.5 Å². The summed E-state index contributed by atoms with van der Waals surface area (Å²) in [5.74, 6) is 1.04. The van der Waals surface area contributed by atoms with Gasteiger partial charge in [-0.3, -0.25) is 10.2 Å². The van der Waals surface area contributed by atoms with Crippen molar-refractivity contribution in [1.29, 1.82) is 0 Å². The average molecular weight is 382 g/mol. The van der Waals surface area contributed by atoms with Crippen molar-refractivity contribution in [3.63, 3.8) is 0 Å². The third-order valence-corrected chi connectivity index (χ3v) is 4.98. The van der Waals surface area contributed by atoms with E-state index in [1.165, 1.54) is 11.8 Å². The number of amides is 1. The predicted molar refractivity (Wildman–Crippen MR) is 107 cm³/mol. The number of hydrazone groups is 1. The Labute approximate surface area is 160 Å². The number of thioether (sulfide) groups is 1. The van der Waals surface area contributed by atoms with E-state index >= 15 is 0 Å². The first-order valence-electron chi connectivity index (χ1n) is 8.40. The molecule has 0 aliphatic carbocycles. The Morgan fingerprint density at radius 1 is 1.48 bits per heavy atom. The number of aromatic nitrogens is 1. The number of para-hydroxylation sites is 1. The summed E-state index contributed by atoms with van der Waals surface area (Å²) >= 11 is 1.29. The summed E-state index contributed by atoms with van der Waals surface area (Å²) in [6.45, 7) is 6.26. The van der Waals surface area contributed by atoms with Gasteiger partial charge in [-0.2, -0.15) is 5.10 Å². The molecule has 9 heteroatoms. The van der Waals surface area contributed by atoms with Gasteiger partial charge in [-0.1, -0.05) is 41.2 Å². The average Bonchev–Trinajstić information content (AvgIpc) is 3.22. The van der Waals surface area contributed by atoms with Crippen LogP contribution in [0, 0.1) is 6.92 Å². The molecule has 2 aliphatic heterocycles. The number of benzene rings is 1. The molecule has 8 nitrogen and oxygen atoms in total. The van der Waals surface area contributed by atoms with Gasteiger partial charge < -0.3 is 14.7 Å². The molecule has 2 aromatic rings. The Morgan fingerprint density at radius 2 is 2.33 bits per heavy atom. The number of hydrogen-bond donors (Lipinski definition) is 2. The number of anilines is 2. The highest BCUT2D eigenvalue weighted by Gasteiger charge is 2.36. The summed E-state index contributed by atoms with van der Waals surface area (Å²) in [5, 5.41) is 11.5. The smallest absolute Gasteiger partial charge is 0.236 e. The molecule has 4 rings (SSSR count). The predicted octanol–water partition coefficient (Wildman–Crippen LogP) is 2.35. The molecule has 1 aromatic heterocycles. The van der Waals surface area contributed by atoms with Crippen molar-refractivity contribution in [2.75, 3.05) is 22.5 Å². The van der Waals surface area contributed by atoms with Crippen molar-refractivity contribution < 1.29 is 9.32 Å². The van der Waals surface area contributed by atoms with Crippen molar-refractivity contribution in [3.05, 3.63) is 54.3 Å². The first kappa shape index (κ1) is 17.3. The second-order valence-corrected chi connectivity index (χ2v) is 7.00. The number of carbonyl (C=O) groups is 1. The van der Waals surface area contributed by atoms with Crippen LogP contribution in [0.2, 0.25) is 0 Å². The Bertz CT molecular complexity index is 951. The summed E-state index contributed by atoms with van der Waals surface area (Å²) in [6, 6.07) is 9.73. The van der Waals surface area contributed by atoms with E-state index in [-0.39, 0.29) is 17.8 Å². The van der Waals surface area contributed by atoms with E-state index in [0.717, 1.165) is 17.0 Å². The van der Waals surface area contributed by atoms with E-state index in [1.807, 2.05) is 24.3 Å². The van der Waals surface area contributed by atoms with Gasteiger partial charge in [-0.05, 0) is 13.0 Å². The van der Waals surface area contributed by atoms with Crippen LogP contribution in [0.15, 0.2) is 57.6 Å². The van der Waals surface area contributed by atoms with E-state index in [1.54, 1.807) is 13.0 Å². The van der Waals surface area contributed by atoms with Crippen molar-refractivity contribution in [1.82, 2.24) is 10.6 Å². The third-order valence-electron chi connectivity index (χ3n) is 4.10. The van der Waals surface area contributed by atoms with Crippen LogP contribution < -0.4 is 15.6 Å². The lowest BCUT2D eigenvalue weighted by Crippen LogP contribution is -2.40. The quantitative estimate of drug-likeness (QED) is 0.771. The fraction of sp³-hybridized carbons (Fsp3) is 0.222. The number of nitrogens with zero attached hydrogens (tertiary/aromatic N) is 4. The SMILES string of the molecule is C=CCN1c2ccccc2C2=NNC(SCC(=O)Nc3cc(C)on3)=NC21. The number of rotatable bonds is 5. The van der Waals surface area contributed by atoms with E-state index in [9.17, 15) is 4.79 Å². The van der Waals surface area contributed by atoms with Crippen LogP contribution in [-0.4, -0.2) is 40.4 Å². The molecular formula is C18H18N6O2S. The van der Waals surface area contributed by atoms with E-state index in [4.69, 9.17) is 9.52 Å². The molecular weight excluding hydrogens is 364 g/mol. The molecule has 138 valence electrons. The maximum atomic E-state index is 12.1. The zero-order valence-corrected chi connectivity index (χ0v) is 15.5. The summed E-state index contributed by atoms with van der Waals surface area (Å²) in [6.07, 6.45) is 1.63. The van der Waals surface area contributed by atoms with Crippen LogP contribution >= 0.6 is 11.8 Å². The number of hydrogen-bond acceptors (Lipinski definition) is 8. The Balaban J connectivity index is 1.44. The minimum absolute atomic E-state index is 0.184. The number of nitrogens with one attached hydrogen (secondary N) is 2. The minimum atomic E-state index is -0.217. The fourth-order valence-electron chi connectivity index (χ4n) is 3.00. The second kappa shape index (κ2) is 7.28. The molecule has 1 atom stereocenters. The summed E-state index contributed by atoms with van der Waals surface area (Å²) in [7, 11) is 0. The van der Waals surface area contributed by atoms with Crippen LogP contribution in [0.25, 0.3) is 0 Å². The van der Waals surface area contributed by atoms with E-state index in [2.05, 4.69) is 38.5 Å². The lowest BCUT2D eigenvalue weighted by atomic mass is 10.1. The molecule has 27 heavy (non-hydrogen) atoms. The summed E-state index contributed by atoms with van der Waals surface area (Å²) in [5.41, 5.74) is 5.97. The van der Waals surface area contributed by atoms with Crippen LogP contribution in [0.5, 0.6) is 0 Å². The minimum Gasteiger partial charge on any atom is -0.360 e. The lowest BCUT2D eigenvalue weighted by Gasteiger charge is -2.25. The zero-order chi connectivity index (χ0) is 18.8. The maximum absolute atomic E-state index is 12.1. The van der Waals surface area contributed by atoms with Crippen LogP contribution in [0.3, 0.4) is 0 Å². The molecule has 0 saturated heterocycles. The fourth-order valence-corrected chi connectivity index (χ4v) is 3.63. The highest BCUT2D eigenvalue weighted by Crippen LogP contribution is 2.34. The van der Waals surface area contributed by atoms with Gasteiger partial charge in [0.2, 0.25) is 5.91 Å². The monoisotopic (exact) mass is 382 g/mol. The molecule has 0 fully saturated rings. The normalized spacial score (nSPS) is 17.4. The van der Waals surface area contributed by atoms with Crippen molar-refractivity contribution in [2.45, 2.75) is 13.1 Å². The summed E-state index contributed by atoms with van der Waals surface area (Å²) in [4.78, 5) is 19.0. The van der Waals surface area contributed by atoms with Crippen LogP contribution in [0.1, 0.15) is 11.3 Å². The molecule has 1 aromatic carbocycles. The van der Waals surface area contributed by atoms with Gasteiger partial charge in [-0.15, -0.1) is 6.58 Å². The first-order valence-corrected chi connectivity index (χ1v) is 9.38. The molecule has 3 heterocycles. The summed E-state index contributed by atoms with van der Waals surface area (Å²) < 4.78 is 4.93. The van der Waals surface area contributed by atoms with Crippen molar-refractivity contribution in [3.8, 4) is 0 Å². The zero-order valence-electron chi connectivity index (χ0n) is 14.7. The molecule has 0 saturated carbocycles. The molecule has 2 aliphatic rings. The van der Waals surface area contributed by atoms with Crippen molar-refractivity contribution in [2.24, 2.45) is 10.1 Å². The van der Waals surface area contributed by atoms with Gasteiger partial charge in [0.15, 0.2) is 17.2 Å². The Morgan fingerprint density at radius 3 is 3.11 bits per heavy atom. The Kier molecular flexibility index (Phi) is 4.68. The number of carbonyl (C=O) groups excluding carboxylic acids is 1. The van der Waals surface area contributed by atoms with Gasteiger partial charge >= 0.3 is 0 Å². The highest BCUT2D eigenvalue weighted by atomic mass is 32.2. The molecule has 1 unspecified atom stereocenters. The maximum Gasteiger partial charge on any atom is 0.236 e. The lowest BCUT2D eigenvalue weighted by molar-refractivity contribution is -0.113. The second-order valence-electron chi connectivity index (χ2n) is 6.03. The number of fused-ring (bicyclic) bond motifs is 3. The molecule has 0 spiro atoms. The largest absolute Gasteiger partial charge is 0.360 e.